The number of rotatable bonds is 5. The summed E-state index contributed by atoms with van der Waals surface area (Å²) < 4.78 is 1.01. The van der Waals surface area contributed by atoms with E-state index in [0.717, 1.165) is 22.9 Å². The van der Waals surface area contributed by atoms with Crippen molar-refractivity contribution < 1.29 is 4.79 Å². The van der Waals surface area contributed by atoms with Gasteiger partial charge in [-0.2, -0.15) is 0 Å². The van der Waals surface area contributed by atoms with Crippen LogP contribution in [0.15, 0.2) is 28.7 Å². The van der Waals surface area contributed by atoms with Crippen LogP contribution in [0.3, 0.4) is 0 Å². The predicted molar refractivity (Wildman–Crippen MR) is 82.5 cm³/mol. The third kappa shape index (κ3) is 4.22. The molecule has 0 radical (unpaired) electrons. The van der Waals surface area contributed by atoms with Gasteiger partial charge in [0.05, 0.1) is 6.42 Å². The Kier molecular flexibility index (Phi) is 5.28. The van der Waals surface area contributed by atoms with Gasteiger partial charge in [0.2, 0.25) is 5.91 Å². The molecule has 1 aromatic rings. The summed E-state index contributed by atoms with van der Waals surface area (Å²) in [5.74, 6) is 0.721. The molecule has 0 spiro atoms. The molecule has 0 aromatic heterocycles. The molecule has 0 saturated heterocycles. The fraction of sp³-hybridized carbons (Fsp3) is 0.533. The molecule has 0 heterocycles. The summed E-state index contributed by atoms with van der Waals surface area (Å²) in [4.78, 5) is 12.0. The highest BCUT2D eigenvalue weighted by molar-refractivity contribution is 9.10. The number of nitrogens with one attached hydrogen (secondary N) is 1. The van der Waals surface area contributed by atoms with Crippen molar-refractivity contribution in [2.45, 2.75) is 32.1 Å². The Labute approximate surface area is 128 Å². The smallest absolute Gasteiger partial charge is 0.224 e. The van der Waals surface area contributed by atoms with E-state index >= 15 is 0 Å². The van der Waals surface area contributed by atoms with Gasteiger partial charge >= 0.3 is 0 Å². The summed E-state index contributed by atoms with van der Waals surface area (Å²) in [5, 5.41) is 3.05. The molecular weight excluding hydrogens is 326 g/mol. The number of benzene rings is 1. The quantitative estimate of drug-likeness (QED) is 0.806. The van der Waals surface area contributed by atoms with Crippen LogP contribution >= 0.6 is 27.5 Å². The fourth-order valence-corrected chi connectivity index (χ4v) is 3.47. The maximum absolute atomic E-state index is 12.0. The van der Waals surface area contributed by atoms with Crippen molar-refractivity contribution >= 4 is 33.4 Å². The van der Waals surface area contributed by atoms with Gasteiger partial charge in [0.15, 0.2) is 0 Å². The topological polar surface area (TPSA) is 29.1 Å². The second kappa shape index (κ2) is 6.76. The first-order chi connectivity index (χ1) is 9.13. The molecule has 1 saturated carbocycles. The highest BCUT2D eigenvalue weighted by atomic mass is 79.9. The van der Waals surface area contributed by atoms with Crippen LogP contribution in [-0.4, -0.2) is 18.3 Å². The van der Waals surface area contributed by atoms with Gasteiger partial charge in [-0.25, -0.2) is 0 Å². The first-order valence-electron chi connectivity index (χ1n) is 6.71. The Morgan fingerprint density at radius 3 is 2.74 bits per heavy atom. The van der Waals surface area contributed by atoms with Crippen LogP contribution in [0.1, 0.15) is 31.2 Å². The number of hydrogen-bond donors (Lipinski definition) is 1. The molecule has 2 nitrogen and oxygen atoms in total. The summed E-state index contributed by atoms with van der Waals surface area (Å²) >= 11 is 9.49. The molecule has 1 amide bonds. The van der Waals surface area contributed by atoms with E-state index in [2.05, 4.69) is 21.2 Å². The maximum Gasteiger partial charge on any atom is 0.224 e. The van der Waals surface area contributed by atoms with E-state index in [1.807, 2.05) is 24.3 Å². The van der Waals surface area contributed by atoms with Crippen LogP contribution in [0.5, 0.6) is 0 Å². The SMILES string of the molecule is O=C(Cc1cccc(Br)c1)NCC1(CCl)CCCC1. The van der Waals surface area contributed by atoms with E-state index in [0.29, 0.717) is 18.8 Å². The Balaban J connectivity index is 1.84. The molecule has 1 aromatic carbocycles. The number of halogens is 2. The lowest BCUT2D eigenvalue weighted by atomic mass is 9.88. The third-order valence-corrected chi connectivity index (χ3v) is 4.92. The molecule has 1 N–H and O–H groups in total. The highest BCUT2D eigenvalue weighted by Gasteiger charge is 2.33. The lowest BCUT2D eigenvalue weighted by Crippen LogP contribution is -2.37. The minimum Gasteiger partial charge on any atom is -0.355 e. The Bertz CT molecular complexity index is 444. The van der Waals surface area contributed by atoms with Gasteiger partial charge in [0.25, 0.3) is 0 Å². The number of alkyl halides is 1. The standard InChI is InChI=1S/C15H19BrClNO/c16-13-5-3-4-12(8-13)9-14(19)18-11-15(10-17)6-1-2-7-15/h3-5,8H,1-2,6-7,9-11H2,(H,18,19). The molecule has 104 valence electrons. The molecule has 19 heavy (non-hydrogen) atoms. The fourth-order valence-electron chi connectivity index (χ4n) is 2.66. The van der Waals surface area contributed by atoms with Crippen molar-refractivity contribution in [3.8, 4) is 0 Å². The van der Waals surface area contributed by atoms with E-state index in [1.165, 1.54) is 12.8 Å². The van der Waals surface area contributed by atoms with Crippen molar-refractivity contribution in [1.29, 1.82) is 0 Å². The van der Waals surface area contributed by atoms with E-state index in [-0.39, 0.29) is 11.3 Å². The van der Waals surface area contributed by atoms with Crippen molar-refractivity contribution in [3.63, 3.8) is 0 Å². The Morgan fingerprint density at radius 2 is 2.11 bits per heavy atom. The zero-order valence-electron chi connectivity index (χ0n) is 10.9. The average molecular weight is 345 g/mol. The minimum atomic E-state index is 0.0782. The largest absolute Gasteiger partial charge is 0.355 e. The molecule has 0 aliphatic heterocycles. The number of carbonyl (C=O) groups excluding carboxylic acids is 1. The van der Waals surface area contributed by atoms with Gasteiger partial charge in [-0.1, -0.05) is 40.9 Å². The zero-order chi connectivity index (χ0) is 13.7. The summed E-state index contributed by atoms with van der Waals surface area (Å²) in [7, 11) is 0. The van der Waals surface area contributed by atoms with Crippen LogP contribution in [0.25, 0.3) is 0 Å². The molecule has 1 fully saturated rings. The van der Waals surface area contributed by atoms with Gasteiger partial charge in [0.1, 0.15) is 0 Å². The summed E-state index contributed by atoms with van der Waals surface area (Å²) in [6.45, 7) is 0.712. The molecular formula is C15H19BrClNO. The second-order valence-electron chi connectivity index (χ2n) is 5.42. The predicted octanol–water partition coefficient (Wildman–Crippen LogP) is 3.91. The van der Waals surface area contributed by atoms with Crippen LogP contribution < -0.4 is 5.32 Å². The molecule has 0 bridgehead atoms. The van der Waals surface area contributed by atoms with Gasteiger partial charge in [-0.3, -0.25) is 4.79 Å². The van der Waals surface area contributed by atoms with Gasteiger partial charge in [-0.15, -0.1) is 11.6 Å². The van der Waals surface area contributed by atoms with E-state index in [9.17, 15) is 4.79 Å². The van der Waals surface area contributed by atoms with Crippen molar-refractivity contribution in [2.75, 3.05) is 12.4 Å². The maximum atomic E-state index is 12.0. The highest BCUT2D eigenvalue weighted by Crippen LogP contribution is 2.38. The molecule has 2 rings (SSSR count). The van der Waals surface area contributed by atoms with E-state index in [1.54, 1.807) is 0 Å². The van der Waals surface area contributed by atoms with Crippen LogP contribution in [0.2, 0.25) is 0 Å². The lowest BCUT2D eigenvalue weighted by molar-refractivity contribution is -0.120. The molecule has 0 atom stereocenters. The lowest BCUT2D eigenvalue weighted by Gasteiger charge is -2.26. The molecule has 4 heteroatoms. The molecule has 1 aliphatic carbocycles. The summed E-state index contributed by atoms with van der Waals surface area (Å²) in [5.41, 5.74) is 1.16. The third-order valence-electron chi connectivity index (χ3n) is 3.86. The summed E-state index contributed by atoms with van der Waals surface area (Å²) in [6, 6.07) is 7.86. The monoisotopic (exact) mass is 343 g/mol. The van der Waals surface area contributed by atoms with Gasteiger partial charge < -0.3 is 5.32 Å². The first kappa shape index (κ1) is 14.9. The van der Waals surface area contributed by atoms with Gasteiger partial charge in [0, 0.05) is 22.3 Å². The average Bonchev–Trinajstić information content (AvgIpc) is 2.86. The van der Waals surface area contributed by atoms with Crippen molar-refractivity contribution in [1.82, 2.24) is 5.32 Å². The normalized spacial score (nSPS) is 17.4. The number of carbonyl (C=O) groups is 1. The molecule has 1 aliphatic rings. The van der Waals surface area contributed by atoms with Crippen LogP contribution in [-0.2, 0) is 11.2 Å². The zero-order valence-corrected chi connectivity index (χ0v) is 13.3. The molecule has 0 unspecified atom stereocenters. The first-order valence-corrected chi connectivity index (χ1v) is 8.03. The van der Waals surface area contributed by atoms with E-state index < -0.39 is 0 Å². The van der Waals surface area contributed by atoms with Gasteiger partial charge in [-0.05, 0) is 30.5 Å². The van der Waals surface area contributed by atoms with Crippen molar-refractivity contribution in [3.05, 3.63) is 34.3 Å². The summed E-state index contributed by atoms with van der Waals surface area (Å²) in [6.07, 6.45) is 5.15. The Hall–Kier alpha value is -0.540. The van der Waals surface area contributed by atoms with Crippen molar-refractivity contribution in [2.24, 2.45) is 5.41 Å². The minimum absolute atomic E-state index is 0.0782. The number of amides is 1. The Morgan fingerprint density at radius 1 is 1.37 bits per heavy atom. The van der Waals surface area contributed by atoms with Crippen LogP contribution in [0.4, 0.5) is 0 Å². The van der Waals surface area contributed by atoms with Crippen LogP contribution in [0, 0.1) is 5.41 Å². The second-order valence-corrected chi connectivity index (χ2v) is 6.61. The van der Waals surface area contributed by atoms with E-state index in [4.69, 9.17) is 11.6 Å². The number of hydrogen-bond acceptors (Lipinski definition) is 1.